The lowest BCUT2D eigenvalue weighted by Gasteiger charge is -2.11. The summed E-state index contributed by atoms with van der Waals surface area (Å²) in [4.78, 5) is 34.2. The summed E-state index contributed by atoms with van der Waals surface area (Å²) in [5.74, 6) is -1.16. The van der Waals surface area contributed by atoms with Gasteiger partial charge in [0.25, 0.3) is 11.6 Å². The number of rotatable bonds is 4. The molecule has 0 spiro atoms. The van der Waals surface area contributed by atoms with Gasteiger partial charge in [-0.15, -0.1) is 0 Å². The van der Waals surface area contributed by atoms with Gasteiger partial charge in [0, 0.05) is 11.1 Å². The number of carbonyl (C=O) groups is 2. The van der Waals surface area contributed by atoms with Crippen LogP contribution in [0.2, 0.25) is 5.02 Å². The van der Waals surface area contributed by atoms with Crippen molar-refractivity contribution in [1.29, 1.82) is 0 Å². The van der Waals surface area contributed by atoms with Gasteiger partial charge in [0.05, 0.1) is 11.3 Å². The van der Waals surface area contributed by atoms with Crippen LogP contribution in [0.3, 0.4) is 0 Å². The highest BCUT2D eigenvalue weighted by molar-refractivity contribution is 7.80. The Morgan fingerprint density at radius 1 is 1.08 bits per heavy atom. The summed E-state index contributed by atoms with van der Waals surface area (Å²) in [5, 5.41) is 13.7. The molecule has 10 heteroatoms. The van der Waals surface area contributed by atoms with Crippen LogP contribution < -0.4 is 16.2 Å². The summed E-state index contributed by atoms with van der Waals surface area (Å²) >= 11 is 10.7. The van der Waals surface area contributed by atoms with Gasteiger partial charge in [0.15, 0.2) is 5.11 Å². The molecule has 2 aromatic rings. The molecule has 2 rings (SSSR count). The Bertz CT molecular complexity index is 858. The molecule has 0 fully saturated rings. The first-order chi connectivity index (χ1) is 12.4. The normalized spacial score (nSPS) is 9.88. The van der Waals surface area contributed by atoms with Crippen LogP contribution in [0.1, 0.15) is 15.9 Å². The van der Waals surface area contributed by atoms with Crippen molar-refractivity contribution in [2.45, 2.75) is 6.42 Å². The number of hydrogen-bond acceptors (Lipinski definition) is 5. The zero-order chi connectivity index (χ0) is 19.1. The molecule has 8 nitrogen and oxygen atoms in total. The number of carbonyl (C=O) groups excluding carboxylic acids is 2. The molecule has 26 heavy (non-hydrogen) atoms. The highest BCUT2D eigenvalue weighted by Gasteiger charge is 2.19. The Morgan fingerprint density at radius 3 is 2.38 bits per heavy atom. The molecular weight excluding hydrogens is 380 g/mol. The lowest BCUT2D eigenvalue weighted by molar-refractivity contribution is -0.385. The molecule has 0 radical (unpaired) electrons. The number of hydrazine groups is 1. The summed E-state index contributed by atoms with van der Waals surface area (Å²) in [6, 6.07) is 12.2. The second-order valence-electron chi connectivity index (χ2n) is 5.03. The van der Waals surface area contributed by atoms with Gasteiger partial charge in [-0.25, -0.2) is 0 Å². The Labute approximate surface area is 158 Å². The molecule has 0 atom stereocenters. The number of halogens is 1. The number of thiocarbonyl (C=S) groups is 1. The number of nitrogens with zero attached hydrogens (tertiary/aromatic N) is 1. The van der Waals surface area contributed by atoms with E-state index in [1.807, 2.05) is 0 Å². The maximum Gasteiger partial charge on any atom is 0.282 e. The van der Waals surface area contributed by atoms with Gasteiger partial charge in [-0.2, -0.15) is 0 Å². The third-order valence-corrected chi connectivity index (χ3v) is 3.62. The second-order valence-corrected chi connectivity index (χ2v) is 5.88. The van der Waals surface area contributed by atoms with Crippen molar-refractivity contribution in [3.05, 3.63) is 74.8 Å². The smallest absolute Gasteiger partial charge is 0.282 e. The highest BCUT2D eigenvalue weighted by atomic mass is 35.5. The van der Waals surface area contributed by atoms with Crippen LogP contribution in [-0.2, 0) is 11.2 Å². The number of amides is 2. The van der Waals surface area contributed by atoms with Crippen LogP contribution in [0.25, 0.3) is 0 Å². The van der Waals surface area contributed by atoms with Gasteiger partial charge in [-0.05, 0) is 36.0 Å². The van der Waals surface area contributed by atoms with Crippen LogP contribution in [0.15, 0.2) is 48.5 Å². The molecule has 3 N–H and O–H groups in total. The van der Waals surface area contributed by atoms with Crippen molar-refractivity contribution >= 4 is 46.4 Å². The molecule has 0 heterocycles. The Balaban J connectivity index is 1.86. The summed E-state index contributed by atoms with van der Waals surface area (Å²) in [6.07, 6.45) is 0.0666. The van der Waals surface area contributed by atoms with Crippen LogP contribution in [0.5, 0.6) is 0 Å². The average Bonchev–Trinajstić information content (AvgIpc) is 2.61. The summed E-state index contributed by atoms with van der Waals surface area (Å²) in [5.41, 5.74) is 4.79. The summed E-state index contributed by atoms with van der Waals surface area (Å²) in [6.45, 7) is 0. The molecule has 0 unspecified atom stereocenters. The van der Waals surface area contributed by atoms with Gasteiger partial charge < -0.3 is 5.32 Å². The lowest BCUT2D eigenvalue weighted by Crippen LogP contribution is -2.48. The van der Waals surface area contributed by atoms with E-state index in [9.17, 15) is 19.7 Å². The van der Waals surface area contributed by atoms with Gasteiger partial charge >= 0.3 is 0 Å². The van der Waals surface area contributed by atoms with Crippen molar-refractivity contribution < 1.29 is 14.5 Å². The molecular formula is C16H13ClN4O4S. The minimum absolute atomic E-state index is 0.0666. The molecule has 0 saturated heterocycles. The third-order valence-electron chi connectivity index (χ3n) is 3.17. The van der Waals surface area contributed by atoms with Crippen molar-refractivity contribution in [2.24, 2.45) is 0 Å². The SMILES string of the molecule is O=C(Cc1ccc(Cl)cc1)NC(=S)NNC(=O)c1ccccc1[N+](=O)[O-]. The predicted molar refractivity (Wildman–Crippen MR) is 99.6 cm³/mol. The minimum atomic E-state index is -0.758. The molecule has 0 aliphatic rings. The third kappa shape index (κ3) is 5.50. The second kappa shape index (κ2) is 8.88. The van der Waals surface area contributed by atoms with E-state index in [-0.39, 0.29) is 22.8 Å². The first-order valence-electron chi connectivity index (χ1n) is 7.25. The first kappa shape index (κ1) is 19.3. The fourth-order valence-electron chi connectivity index (χ4n) is 2.00. The van der Waals surface area contributed by atoms with Crippen LogP contribution in [0, 0.1) is 10.1 Å². The van der Waals surface area contributed by atoms with E-state index in [0.717, 1.165) is 5.56 Å². The molecule has 0 bridgehead atoms. The minimum Gasteiger partial charge on any atom is -0.302 e. The van der Waals surface area contributed by atoms with E-state index in [2.05, 4.69) is 16.2 Å². The number of nitro benzene ring substituents is 1. The van der Waals surface area contributed by atoms with E-state index in [4.69, 9.17) is 23.8 Å². The van der Waals surface area contributed by atoms with Gasteiger partial charge in [0.1, 0.15) is 5.56 Å². The maximum atomic E-state index is 12.0. The van der Waals surface area contributed by atoms with E-state index < -0.39 is 16.7 Å². The number of hydrogen-bond donors (Lipinski definition) is 3. The predicted octanol–water partition coefficient (Wildman–Crippen LogP) is 2.13. The fraction of sp³-hybridized carbons (Fsp3) is 0.0625. The Morgan fingerprint density at radius 2 is 1.73 bits per heavy atom. The number of para-hydroxylation sites is 1. The maximum absolute atomic E-state index is 12.0. The molecule has 0 aliphatic heterocycles. The largest absolute Gasteiger partial charge is 0.302 e. The van der Waals surface area contributed by atoms with E-state index in [0.29, 0.717) is 5.02 Å². The fourth-order valence-corrected chi connectivity index (χ4v) is 2.29. The van der Waals surface area contributed by atoms with E-state index >= 15 is 0 Å². The average molecular weight is 393 g/mol. The molecule has 0 aromatic heterocycles. The van der Waals surface area contributed by atoms with Gasteiger partial charge in [-0.3, -0.25) is 30.6 Å². The topological polar surface area (TPSA) is 113 Å². The van der Waals surface area contributed by atoms with Gasteiger partial charge in [-0.1, -0.05) is 35.9 Å². The zero-order valence-electron chi connectivity index (χ0n) is 13.2. The molecule has 0 saturated carbocycles. The highest BCUT2D eigenvalue weighted by Crippen LogP contribution is 2.16. The standard InChI is InChI=1S/C16H13ClN4O4S/c17-11-7-5-10(6-8-11)9-14(22)18-16(26)20-19-15(23)12-3-1-2-4-13(12)21(24)25/h1-8H,9H2,(H,19,23)(H2,18,20,22,26). The number of nitro groups is 1. The van der Waals surface area contributed by atoms with Crippen molar-refractivity contribution in [3.63, 3.8) is 0 Å². The van der Waals surface area contributed by atoms with Crippen LogP contribution in [0.4, 0.5) is 5.69 Å². The quantitative estimate of drug-likeness (QED) is 0.417. The molecule has 0 aliphatic carbocycles. The van der Waals surface area contributed by atoms with Gasteiger partial charge in [0.2, 0.25) is 5.91 Å². The molecule has 2 amide bonds. The van der Waals surface area contributed by atoms with Crippen LogP contribution in [-0.4, -0.2) is 21.9 Å². The zero-order valence-corrected chi connectivity index (χ0v) is 14.8. The van der Waals surface area contributed by atoms with Crippen molar-refractivity contribution in [2.75, 3.05) is 0 Å². The molecule has 134 valence electrons. The van der Waals surface area contributed by atoms with Crippen molar-refractivity contribution in [3.8, 4) is 0 Å². The van der Waals surface area contributed by atoms with E-state index in [1.54, 1.807) is 24.3 Å². The number of nitrogens with one attached hydrogen (secondary N) is 3. The summed E-state index contributed by atoms with van der Waals surface area (Å²) in [7, 11) is 0. The number of benzene rings is 2. The van der Waals surface area contributed by atoms with Crippen LogP contribution >= 0.6 is 23.8 Å². The monoisotopic (exact) mass is 392 g/mol. The first-order valence-corrected chi connectivity index (χ1v) is 8.03. The van der Waals surface area contributed by atoms with E-state index in [1.165, 1.54) is 24.3 Å². The molecule has 2 aromatic carbocycles. The summed E-state index contributed by atoms with van der Waals surface area (Å²) < 4.78 is 0. The Hall–Kier alpha value is -3.04. The Kier molecular flexibility index (Phi) is 6.59. The lowest BCUT2D eigenvalue weighted by atomic mass is 10.1. The van der Waals surface area contributed by atoms with Crippen molar-refractivity contribution in [1.82, 2.24) is 16.2 Å².